The highest BCUT2D eigenvalue weighted by Crippen LogP contribution is 2.19. The Morgan fingerprint density at radius 2 is 1.52 bits per heavy atom. The lowest BCUT2D eigenvalue weighted by molar-refractivity contribution is 0.272. The zero-order chi connectivity index (χ0) is 17.1. The van der Waals surface area contributed by atoms with Crippen molar-refractivity contribution in [1.29, 1.82) is 0 Å². The highest BCUT2D eigenvalue weighted by molar-refractivity contribution is 5.99. The summed E-state index contributed by atoms with van der Waals surface area (Å²) in [6.07, 6.45) is 2.00. The molecule has 0 saturated carbocycles. The molecule has 126 valence electrons. The SMILES string of the molecule is Cc1ccc(N2CCN(/N=C/c3cccc4ccccc34)CC2)cc1. The van der Waals surface area contributed by atoms with E-state index in [1.165, 1.54) is 27.6 Å². The normalized spacial score (nSPS) is 15.2. The molecule has 0 N–H and O–H groups in total. The molecule has 0 radical (unpaired) electrons. The molecule has 3 aromatic carbocycles. The molecular formula is C22H23N3. The third-order valence-electron chi connectivity index (χ3n) is 4.84. The summed E-state index contributed by atoms with van der Waals surface area (Å²) in [7, 11) is 0. The van der Waals surface area contributed by atoms with Crippen LogP contribution in [-0.4, -0.2) is 37.4 Å². The molecule has 1 heterocycles. The summed E-state index contributed by atoms with van der Waals surface area (Å²) in [5.74, 6) is 0. The zero-order valence-corrected chi connectivity index (χ0v) is 14.6. The van der Waals surface area contributed by atoms with Gasteiger partial charge in [0.15, 0.2) is 0 Å². The molecule has 1 aliphatic rings. The molecule has 0 unspecified atom stereocenters. The van der Waals surface area contributed by atoms with Crippen molar-refractivity contribution >= 4 is 22.7 Å². The monoisotopic (exact) mass is 329 g/mol. The molecule has 1 saturated heterocycles. The number of hydrogen-bond donors (Lipinski definition) is 0. The molecule has 1 fully saturated rings. The van der Waals surface area contributed by atoms with E-state index in [1.807, 2.05) is 6.21 Å². The number of nitrogens with zero attached hydrogens (tertiary/aromatic N) is 3. The maximum absolute atomic E-state index is 4.73. The van der Waals surface area contributed by atoms with Crippen LogP contribution in [-0.2, 0) is 0 Å². The summed E-state index contributed by atoms with van der Waals surface area (Å²) >= 11 is 0. The molecular weight excluding hydrogens is 306 g/mol. The van der Waals surface area contributed by atoms with Gasteiger partial charge >= 0.3 is 0 Å². The fourth-order valence-electron chi connectivity index (χ4n) is 3.33. The van der Waals surface area contributed by atoms with E-state index in [4.69, 9.17) is 5.10 Å². The summed E-state index contributed by atoms with van der Waals surface area (Å²) in [5.41, 5.74) is 3.80. The van der Waals surface area contributed by atoms with Crippen molar-refractivity contribution in [2.24, 2.45) is 5.10 Å². The van der Waals surface area contributed by atoms with Gasteiger partial charge in [-0.25, -0.2) is 0 Å². The summed E-state index contributed by atoms with van der Waals surface area (Å²) in [4.78, 5) is 2.43. The van der Waals surface area contributed by atoms with Gasteiger partial charge in [-0.3, -0.25) is 5.01 Å². The van der Waals surface area contributed by atoms with Crippen LogP contribution in [0.25, 0.3) is 10.8 Å². The lowest BCUT2D eigenvalue weighted by Gasteiger charge is -2.34. The maximum atomic E-state index is 4.73. The Bertz CT molecular complexity index is 870. The first-order chi connectivity index (χ1) is 12.3. The van der Waals surface area contributed by atoms with E-state index in [-0.39, 0.29) is 0 Å². The first-order valence-corrected chi connectivity index (χ1v) is 8.88. The van der Waals surface area contributed by atoms with Crippen molar-refractivity contribution in [3.63, 3.8) is 0 Å². The molecule has 0 spiro atoms. The second kappa shape index (κ2) is 6.98. The van der Waals surface area contributed by atoms with Crippen LogP contribution in [0.4, 0.5) is 5.69 Å². The van der Waals surface area contributed by atoms with Crippen molar-refractivity contribution < 1.29 is 0 Å². The van der Waals surface area contributed by atoms with Crippen molar-refractivity contribution in [3.05, 3.63) is 77.9 Å². The van der Waals surface area contributed by atoms with Crippen LogP contribution in [0.3, 0.4) is 0 Å². The van der Waals surface area contributed by atoms with Crippen LogP contribution in [0, 0.1) is 6.92 Å². The lowest BCUT2D eigenvalue weighted by Crippen LogP contribution is -2.44. The average molecular weight is 329 g/mol. The predicted octanol–water partition coefficient (Wildman–Crippen LogP) is 4.30. The summed E-state index contributed by atoms with van der Waals surface area (Å²) in [5, 5.41) is 9.42. The van der Waals surface area contributed by atoms with Crippen LogP contribution < -0.4 is 4.90 Å². The van der Waals surface area contributed by atoms with Gasteiger partial charge in [0.2, 0.25) is 0 Å². The van der Waals surface area contributed by atoms with Crippen LogP contribution in [0.2, 0.25) is 0 Å². The van der Waals surface area contributed by atoms with E-state index in [2.05, 4.69) is 83.6 Å². The minimum absolute atomic E-state index is 0.954. The van der Waals surface area contributed by atoms with E-state index in [1.54, 1.807) is 0 Å². The summed E-state index contributed by atoms with van der Waals surface area (Å²) in [6, 6.07) is 23.6. The molecule has 3 aromatic rings. The van der Waals surface area contributed by atoms with E-state index in [0.717, 1.165) is 26.2 Å². The quantitative estimate of drug-likeness (QED) is 0.667. The molecule has 3 nitrogen and oxygen atoms in total. The third kappa shape index (κ3) is 3.50. The van der Waals surface area contributed by atoms with Gasteiger partial charge in [0.1, 0.15) is 0 Å². The minimum Gasteiger partial charge on any atom is -0.368 e. The van der Waals surface area contributed by atoms with Gasteiger partial charge in [-0.2, -0.15) is 5.10 Å². The van der Waals surface area contributed by atoms with Crippen LogP contribution >= 0.6 is 0 Å². The number of piperazine rings is 1. The van der Waals surface area contributed by atoms with Crippen LogP contribution in [0.5, 0.6) is 0 Å². The Morgan fingerprint density at radius 1 is 0.800 bits per heavy atom. The fourth-order valence-corrected chi connectivity index (χ4v) is 3.33. The van der Waals surface area contributed by atoms with Crippen molar-refractivity contribution in [3.8, 4) is 0 Å². The topological polar surface area (TPSA) is 18.8 Å². The number of rotatable bonds is 3. The number of fused-ring (bicyclic) bond motifs is 1. The van der Waals surface area contributed by atoms with Gasteiger partial charge in [-0.15, -0.1) is 0 Å². The molecule has 0 bridgehead atoms. The number of benzene rings is 3. The summed E-state index contributed by atoms with van der Waals surface area (Å²) < 4.78 is 0. The van der Waals surface area contributed by atoms with E-state index in [0.29, 0.717) is 0 Å². The molecule has 3 heteroatoms. The number of anilines is 1. The van der Waals surface area contributed by atoms with Crippen LogP contribution in [0.1, 0.15) is 11.1 Å². The van der Waals surface area contributed by atoms with Gasteiger partial charge in [-0.05, 0) is 29.8 Å². The first kappa shape index (κ1) is 15.7. The highest BCUT2D eigenvalue weighted by atomic mass is 15.5. The van der Waals surface area contributed by atoms with Crippen molar-refractivity contribution in [1.82, 2.24) is 5.01 Å². The van der Waals surface area contributed by atoms with Gasteiger partial charge in [0, 0.05) is 24.3 Å². The van der Waals surface area contributed by atoms with Gasteiger partial charge in [0.25, 0.3) is 0 Å². The largest absolute Gasteiger partial charge is 0.368 e. The third-order valence-corrected chi connectivity index (χ3v) is 4.84. The zero-order valence-electron chi connectivity index (χ0n) is 14.6. The predicted molar refractivity (Wildman–Crippen MR) is 107 cm³/mol. The number of hydrazone groups is 1. The van der Waals surface area contributed by atoms with E-state index < -0.39 is 0 Å². The summed E-state index contributed by atoms with van der Waals surface area (Å²) in [6.45, 7) is 6.06. The van der Waals surface area contributed by atoms with E-state index >= 15 is 0 Å². The van der Waals surface area contributed by atoms with E-state index in [9.17, 15) is 0 Å². The van der Waals surface area contributed by atoms with Crippen molar-refractivity contribution in [2.45, 2.75) is 6.92 Å². The lowest BCUT2D eigenvalue weighted by atomic mass is 10.1. The Morgan fingerprint density at radius 3 is 2.32 bits per heavy atom. The standard InChI is InChI=1S/C22H23N3/c1-18-9-11-21(12-10-18)24-13-15-25(16-14-24)23-17-20-7-4-6-19-5-2-3-8-22(19)20/h2-12,17H,13-16H2,1H3/b23-17+. The Labute approximate surface area is 149 Å². The van der Waals surface area contributed by atoms with Gasteiger partial charge in [0.05, 0.1) is 19.3 Å². The highest BCUT2D eigenvalue weighted by Gasteiger charge is 2.15. The maximum Gasteiger partial charge on any atom is 0.0549 e. The number of hydrogen-bond acceptors (Lipinski definition) is 3. The van der Waals surface area contributed by atoms with Crippen LogP contribution in [0.15, 0.2) is 71.8 Å². The van der Waals surface area contributed by atoms with Gasteiger partial charge in [-0.1, -0.05) is 60.2 Å². The minimum atomic E-state index is 0.954. The Hall–Kier alpha value is -2.81. The van der Waals surface area contributed by atoms with Crippen molar-refractivity contribution in [2.75, 3.05) is 31.1 Å². The second-order valence-corrected chi connectivity index (χ2v) is 6.59. The first-order valence-electron chi connectivity index (χ1n) is 8.88. The second-order valence-electron chi connectivity index (χ2n) is 6.59. The molecule has 4 rings (SSSR count). The molecule has 0 amide bonds. The average Bonchev–Trinajstić information content (AvgIpc) is 2.67. The molecule has 0 atom stereocenters. The molecule has 1 aliphatic heterocycles. The fraction of sp³-hybridized carbons (Fsp3) is 0.227. The molecule has 25 heavy (non-hydrogen) atoms. The number of aryl methyl sites for hydroxylation is 1. The smallest absolute Gasteiger partial charge is 0.0549 e. The Kier molecular flexibility index (Phi) is 4.38. The Balaban J connectivity index is 1.43. The molecule has 0 aliphatic carbocycles. The molecule has 0 aromatic heterocycles. The van der Waals surface area contributed by atoms with Gasteiger partial charge < -0.3 is 4.90 Å².